The van der Waals surface area contributed by atoms with Crippen molar-refractivity contribution < 1.29 is 29.3 Å². The van der Waals surface area contributed by atoms with Crippen molar-refractivity contribution in [2.45, 2.75) is 31.3 Å². The first kappa shape index (κ1) is 16.3. The van der Waals surface area contributed by atoms with Crippen molar-refractivity contribution in [3.63, 3.8) is 0 Å². The zero-order chi connectivity index (χ0) is 14.1. The van der Waals surface area contributed by atoms with Gasteiger partial charge in [0, 0.05) is 13.5 Å². The quantitative estimate of drug-likeness (QED) is 0.408. The summed E-state index contributed by atoms with van der Waals surface area (Å²) >= 11 is 0. The second kappa shape index (κ2) is 8.43. The maximum atomic E-state index is 11.4. The van der Waals surface area contributed by atoms with Gasteiger partial charge in [0.15, 0.2) is 0 Å². The first-order chi connectivity index (χ1) is 8.38. The fourth-order valence-electron chi connectivity index (χ4n) is 1.25. The van der Waals surface area contributed by atoms with Crippen LogP contribution in [0.15, 0.2) is 0 Å². The molecule has 1 unspecified atom stereocenters. The molecule has 8 heteroatoms. The number of carbonyl (C=O) groups is 3. The molecule has 0 aliphatic heterocycles. The van der Waals surface area contributed by atoms with Crippen molar-refractivity contribution in [2.24, 2.45) is 5.73 Å². The third-order valence-corrected chi connectivity index (χ3v) is 2.18. The third kappa shape index (κ3) is 6.81. The highest BCUT2D eigenvalue weighted by molar-refractivity contribution is 5.86. The number of methoxy groups -OCH3 is 1. The van der Waals surface area contributed by atoms with E-state index in [1.165, 1.54) is 7.11 Å². The number of carbonyl (C=O) groups excluding carboxylic acids is 1. The van der Waals surface area contributed by atoms with Crippen molar-refractivity contribution in [3.05, 3.63) is 0 Å². The van der Waals surface area contributed by atoms with Crippen molar-refractivity contribution in [1.29, 1.82) is 0 Å². The van der Waals surface area contributed by atoms with Gasteiger partial charge in [-0.15, -0.1) is 0 Å². The van der Waals surface area contributed by atoms with Gasteiger partial charge in [-0.25, -0.2) is 4.79 Å². The van der Waals surface area contributed by atoms with E-state index in [4.69, 9.17) is 15.9 Å². The second-order valence-corrected chi connectivity index (χ2v) is 3.75. The molecule has 1 amide bonds. The Balaban J connectivity index is 4.22. The highest BCUT2D eigenvalue weighted by atomic mass is 16.5. The van der Waals surface area contributed by atoms with Gasteiger partial charge in [-0.05, 0) is 12.8 Å². The zero-order valence-corrected chi connectivity index (χ0v) is 10.1. The van der Waals surface area contributed by atoms with Crippen LogP contribution in [-0.2, 0) is 19.1 Å². The Kier molecular flexibility index (Phi) is 7.64. The van der Waals surface area contributed by atoms with Crippen LogP contribution in [0.25, 0.3) is 0 Å². The predicted octanol–water partition coefficient (Wildman–Crippen LogP) is -1.22. The highest BCUT2D eigenvalue weighted by Gasteiger charge is 2.23. The van der Waals surface area contributed by atoms with Crippen LogP contribution in [-0.4, -0.2) is 53.9 Å². The molecule has 8 nitrogen and oxygen atoms in total. The number of carboxylic acids is 2. The summed E-state index contributed by atoms with van der Waals surface area (Å²) in [4.78, 5) is 32.6. The molecule has 0 bridgehead atoms. The normalized spacial score (nSPS) is 13.7. The predicted molar refractivity (Wildman–Crippen MR) is 60.9 cm³/mol. The number of amides is 1. The van der Waals surface area contributed by atoms with E-state index in [-0.39, 0.29) is 25.9 Å². The van der Waals surface area contributed by atoms with Crippen LogP contribution in [0, 0.1) is 0 Å². The number of hydrogen-bond donors (Lipinski definition) is 4. The van der Waals surface area contributed by atoms with Crippen LogP contribution in [0.3, 0.4) is 0 Å². The molecular weight excluding hydrogens is 244 g/mol. The van der Waals surface area contributed by atoms with E-state index in [0.717, 1.165) is 0 Å². The minimum absolute atomic E-state index is 0.0205. The molecule has 0 aromatic carbocycles. The van der Waals surface area contributed by atoms with Crippen LogP contribution < -0.4 is 11.1 Å². The Labute approximate surface area is 104 Å². The van der Waals surface area contributed by atoms with Crippen LogP contribution in [0.2, 0.25) is 0 Å². The zero-order valence-electron chi connectivity index (χ0n) is 10.1. The molecule has 0 saturated carbocycles. The van der Waals surface area contributed by atoms with E-state index in [1.807, 2.05) is 0 Å². The lowest BCUT2D eigenvalue weighted by molar-refractivity contribution is -0.143. The number of rotatable bonds is 9. The van der Waals surface area contributed by atoms with Gasteiger partial charge in [0.2, 0.25) is 5.91 Å². The molecular formula is C10H18N2O6. The van der Waals surface area contributed by atoms with Gasteiger partial charge >= 0.3 is 11.9 Å². The van der Waals surface area contributed by atoms with Crippen molar-refractivity contribution in [1.82, 2.24) is 5.32 Å². The van der Waals surface area contributed by atoms with Crippen LogP contribution in [0.5, 0.6) is 0 Å². The Bertz CT molecular complexity index is 307. The number of nitrogens with one attached hydrogen (secondary N) is 1. The lowest BCUT2D eigenvalue weighted by atomic mass is 10.1. The molecule has 0 spiro atoms. The average Bonchev–Trinajstić information content (AvgIpc) is 2.27. The molecule has 0 fully saturated rings. The van der Waals surface area contributed by atoms with E-state index in [2.05, 4.69) is 10.1 Å². The summed E-state index contributed by atoms with van der Waals surface area (Å²) in [5, 5.41) is 19.5. The number of carboxylic acid groups (broad SMARTS) is 2. The molecule has 18 heavy (non-hydrogen) atoms. The Morgan fingerprint density at radius 2 is 1.94 bits per heavy atom. The van der Waals surface area contributed by atoms with Crippen LogP contribution >= 0.6 is 0 Å². The summed E-state index contributed by atoms with van der Waals surface area (Å²) in [6.07, 6.45) is 0.0446. The van der Waals surface area contributed by atoms with Gasteiger partial charge in [-0.1, -0.05) is 0 Å². The lowest BCUT2D eigenvalue weighted by Crippen LogP contribution is -2.50. The summed E-state index contributed by atoms with van der Waals surface area (Å²) in [7, 11) is 1.37. The monoisotopic (exact) mass is 262 g/mol. The van der Waals surface area contributed by atoms with E-state index < -0.39 is 29.9 Å². The van der Waals surface area contributed by atoms with Gasteiger partial charge in [0.1, 0.15) is 12.1 Å². The largest absolute Gasteiger partial charge is 0.481 e. The summed E-state index contributed by atoms with van der Waals surface area (Å²) < 4.78 is 4.67. The SMILES string of the molecule is COCC(N)C(=O)N[C@H](CCCC(=O)O)C(=O)O. The Morgan fingerprint density at radius 1 is 1.33 bits per heavy atom. The first-order valence-electron chi connectivity index (χ1n) is 5.38. The molecule has 2 atom stereocenters. The maximum Gasteiger partial charge on any atom is 0.326 e. The van der Waals surface area contributed by atoms with Gasteiger partial charge in [-0.2, -0.15) is 0 Å². The minimum atomic E-state index is -1.22. The number of aliphatic carboxylic acids is 2. The molecule has 5 N–H and O–H groups in total. The summed E-state index contributed by atoms with van der Waals surface area (Å²) in [6.45, 7) is -0.0205. The summed E-state index contributed by atoms with van der Waals surface area (Å²) in [5.41, 5.74) is 5.43. The molecule has 0 rings (SSSR count). The highest BCUT2D eigenvalue weighted by Crippen LogP contribution is 2.02. The molecule has 0 radical (unpaired) electrons. The van der Waals surface area contributed by atoms with Crippen molar-refractivity contribution >= 4 is 17.8 Å². The standard InChI is InChI=1S/C10H18N2O6/c1-18-5-6(11)9(15)12-7(10(16)17)3-2-4-8(13)14/h6-7H,2-5,11H2,1H3,(H,12,15)(H,13,14)(H,16,17)/t6?,7-/m1/s1. The number of nitrogens with two attached hydrogens (primary N) is 1. The van der Waals surface area contributed by atoms with Gasteiger partial charge in [0.05, 0.1) is 6.61 Å². The molecule has 104 valence electrons. The smallest absolute Gasteiger partial charge is 0.326 e. The molecule has 0 aliphatic rings. The molecule has 0 heterocycles. The van der Waals surface area contributed by atoms with Crippen LogP contribution in [0.1, 0.15) is 19.3 Å². The van der Waals surface area contributed by atoms with Gasteiger partial charge in [-0.3, -0.25) is 9.59 Å². The van der Waals surface area contributed by atoms with Gasteiger partial charge in [0.25, 0.3) is 0 Å². The van der Waals surface area contributed by atoms with E-state index in [9.17, 15) is 14.4 Å². The second-order valence-electron chi connectivity index (χ2n) is 3.75. The van der Waals surface area contributed by atoms with E-state index >= 15 is 0 Å². The number of ether oxygens (including phenoxy) is 1. The first-order valence-corrected chi connectivity index (χ1v) is 5.38. The molecule has 0 aromatic rings. The van der Waals surface area contributed by atoms with Crippen LogP contribution in [0.4, 0.5) is 0 Å². The van der Waals surface area contributed by atoms with Gasteiger partial charge < -0.3 is 26.0 Å². The topological polar surface area (TPSA) is 139 Å². The van der Waals surface area contributed by atoms with E-state index in [1.54, 1.807) is 0 Å². The molecule has 0 aliphatic carbocycles. The summed E-state index contributed by atoms with van der Waals surface area (Å²) in [6, 6.07) is -2.09. The van der Waals surface area contributed by atoms with E-state index in [0.29, 0.717) is 0 Å². The minimum Gasteiger partial charge on any atom is -0.481 e. The molecule has 0 saturated heterocycles. The van der Waals surface area contributed by atoms with Crippen molar-refractivity contribution in [2.75, 3.05) is 13.7 Å². The maximum absolute atomic E-state index is 11.4. The third-order valence-electron chi connectivity index (χ3n) is 2.18. The molecule has 0 aromatic heterocycles. The Hall–Kier alpha value is -1.67. The fourth-order valence-corrected chi connectivity index (χ4v) is 1.25. The van der Waals surface area contributed by atoms with Crippen molar-refractivity contribution in [3.8, 4) is 0 Å². The average molecular weight is 262 g/mol. The number of hydrogen-bond acceptors (Lipinski definition) is 5. The lowest BCUT2D eigenvalue weighted by Gasteiger charge is -2.17. The Morgan fingerprint density at radius 3 is 2.39 bits per heavy atom. The fraction of sp³-hybridized carbons (Fsp3) is 0.700. The summed E-state index contributed by atoms with van der Waals surface area (Å²) in [5.74, 6) is -2.88.